The summed E-state index contributed by atoms with van der Waals surface area (Å²) >= 11 is 1.50. The average molecular weight is 338 g/mol. The number of nitrogens with zero attached hydrogens (tertiary/aromatic N) is 2. The zero-order chi connectivity index (χ0) is 16.6. The van der Waals surface area contributed by atoms with Gasteiger partial charge in [-0.15, -0.1) is 11.3 Å². The van der Waals surface area contributed by atoms with Crippen LogP contribution in [0.25, 0.3) is 0 Å². The largest absolute Gasteiger partial charge is 0.274 e. The molecule has 2 bridgehead atoms. The molecule has 0 N–H and O–H groups in total. The van der Waals surface area contributed by atoms with Gasteiger partial charge in [-0.2, -0.15) is 5.26 Å². The Labute approximate surface area is 144 Å². The van der Waals surface area contributed by atoms with E-state index in [0.717, 1.165) is 31.2 Å². The molecule has 3 aliphatic carbocycles. The van der Waals surface area contributed by atoms with Crippen molar-refractivity contribution in [3.05, 3.63) is 28.2 Å². The lowest BCUT2D eigenvalue weighted by atomic mass is 9.85. The minimum Gasteiger partial charge on any atom is -0.274 e. The molecule has 1 saturated carbocycles. The molecule has 1 aliphatic heterocycles. The summed E-state index contributed by atoms with van der Waals surface area (Å²) in [6, 6.07) is 2.29. The van der Waals surface area contributed by atoms with Crippen molar-refractivity contribution in [3.8, 4) is 6.07 Å². The molecule has 0 radical (unpaired) electrons. The summed E-state index contributed by atoms with van der Waals surface area (Å²) in [6.45, 7) is 2.20. The predicted octanol–water partition coefficient (Wildman–Crippen LogP) is 3.06. The van der Waals surface area contributed by atoms with Crippen LogP contribution >= 0.6 is 11.3 Å². The number of amides is 2. The van der Waals surface area contributed by atoms with Gasteiger partial charge >= 0.3 is 0 Å². The summed E-state index contributed by atoms with van der Waals surface area (Å²) in [6.07, 6.45) is 8.08. The van der Waals surface area contributed by atoms with Crippen LogP contribution in [0.15, 0.2) is 12.2 Å². The van der Waals surface area contributed by atoms with Crippen LogP contribution in [0.1, 0.15) is 35.8 Å². The topological polar surface area (TPSA) is 61.2 Å². The highest BCUT2D eigenvalue weighted by Crippen LogP contribution is 2.54. The normalized spacial score (nSPS) is 36.2. The average Bonchev–Trinajstić information content (AvgIpc) is 3.29. The SMILES string of the molecule is C[C@@H]1CCc2sc(N3C(=O)[C@@H]4[C@@H](C3=O)[C@H]3C=C[C@H]4C3)c(C#N)c2C1. The Morgan fingerprint density at radius 3 is 2.50 bits per heavy atom. The lowest BCUT2D eigenvalue weighted by molar-refractivity contribution is -0.123. The molecule has 2 heterocycles. The number of hydrogen-bond donors (Lipinski definition) is 0. The highest BCUT2D eigenvalue weighted by atomic mass is 32.1. The first-order valence-electron chi connectivity index (χ1n) is 8.71. The second-order valence-corrected chi connectivity index (χ2v) is 8.74. The Hall–Kier alpha value is -1.93. The number of fused-ring (bicyclic) bond motifs is 6. The van der Waals surface area contributed by atoms with Gasteiger partial charge in [-0.05, 0) is 49.0 Å². The first-order valence-corrected chi connectivity index (χ1v) is 9.52. The monoisotopic (exact) mass is 338 g/mol. The number of hydrogen-bond acceptors (Lipinski definition) is 4. The first-order chi connectivity index (χ1) is 11.6. The van der Waals surface area contributed by atoms with Gasteiger partial charge in [-0.3, -0.25) is 9.59 Å². The molecule has 5 atom stereocenters. The Kier molecular flexibility index (Phi) is 2.88. The molecule has 4 aliphatic rings. The fraction of sp³-hybridized carbons (Fsp3) is 0.526. The molecule has 2 amide bonds. The van der Waals surface area contributed by atoms with Crippen LogP contribution in [0.3, 0.4) is 0 Å². The molecule has 1 saturated heterocycles. The summed E-state index contributed by atoms with van der Waals surface area (Å²) in [5, 5.41) is 10.3. The maximum Gasteiger partial charge on any atom is 0.238 e. The van der Waals surface area contributed by atoms with Gasteiger partial charge in [-0.25, -0.2) is 4.90 Å². The minimum atomic E-state index is -0.197. The van der Waals surface area contributed by atoms with E-state index in [-0.39, 0.29) is 35.5 Å². The van der Waals surface area contributed by atoms with Crippen LogP contribution in [-0.2, 0) is 22.4 Å². The summed E-state index contributed by atoms with van der Waals surface area (Å²) in [7, 11) is 0. The van der Waals surface area contributed by atoms with Crippen molar-refractivity contribution in [1.29, 1.82) is 5.26 Å². The molecule has 1 aromatic heterocycles. The van der Waals surface area contributed by atoms with Gasteiger partial charge in [-0.1, -0.05) is 19.1 Å². The number of carbonyl (C=O) groups excluding carboxylic acids is 2. The van der Waals surface area contributed by atoms with Gasteiger partial charge in [0.05, 0.1) is 17.4 Å². The van der Waals surface area contributed by atoms with Gasteiger partial charge < -0.3 is 0 Å². The highest BCUT2D eigenvalue weighted by Gasteiger charge is 2.60. The Morgan fingerprint density at radius 2 is 1.88 bits per heavy atom. The van der Waals surface area contributed by atoms with Crippen molar-refractivity contribution in [1.82, 2.24) is 0 Å². The Bertz CT molecular complexity index is 816. The number of allylic oxidation sites excluding steroid dienone is 2. The van der Waals surface area contributed by atoms with Gasteiger partial charge in [0, 0.05) is 4.88 Å². The van der Waals surface area contributed by atoms with E-state index in [1.807, 2.05) is 0 Å². The number of anilines is 1. The van der Waals surface area contributed by atoms with Crippen LogP contribution in [0, 0.1) is 40.9 Å². The molecule has 0 spiro atoms. The van der Waals surface area contributed by atoms with Crippen molar-refractivity contribution in [2.24, 2.45) is 29.6 Å². The maximum absolute atomic E-state index is 13.0. The van der Waals surface area contributed by atoms with Gasteiger partial charge in [0.25, 0.3) is 0 Å². The van der Waals surface area contributed by atoms with Crippen molar-refractivity contribution >= 4 is 28.2 Å². The minimum absolute atomic E-state index is 0.0787. The zero-order valence-corrected chi connectivity index (χ0v) is 14.3. The highest BCUT2D eigenvalue weighted by molar-refractivity contribution is 7.17. The van der Waals surface area contributed by atoms with Crippen molar-refractivity contribution in [2.45, 2.75) is 32.6 Å². The number of thiophene rings is 1. The molecule has 24 heavy (non-hydrogen) atoms. The van der Waals surface area contributed by atoms with E-state index in [9.17, 15) is 14.9 Å². The molecular weight excluding hydrogens is 320 g/mol. The fourth-order valence-electron chi connectivity index (χ4n) is 5.12. The third kappa shape index (κ3) is 1.67. The lowest BCUT2D eigenvalue weighted by Gasteiger charge is -2.18. The number of nitriles is 1. The molecular formula is C19H18N2O2S. The van der Waals surface area contributed by atoms with Crippen LogP contribution in [0.5, 0.6) is 0 Å². The van der Waals surface area contributed by atoms with Crippen LogP contribution < -0.4 is 4.90 Å². The third-order valence-electron chi connectivity index (χ3n) is 6.27. The Balaban J connectivity index is 1.60. The summed E-state index contributed by atoms with van der Waals surface area (Å²) in [4.78, 5) is 28.6. The van der Waals surface area contributed by atoms with Crippen LogP contribution in [-0.4, -0.2) is 11.8 Å². The molecule has 0 aromatic carbocycles. The summed E-state index contributed by atoms with van der Waals surface area (Å²) in [5.41, 5.74) is 1.65. The number of imide groups is 1. The quantitative estimate of drug-likeness (QED) is 0.584. The van der Waals surface area contributed by atoms with E-state index in [0.29, 0.717) is 16.5 Å². The fourth-order valence-corrected chi connectivity index (χ4v) is 6.42. The number of rotatable bonds is 1. The molecule has 4 nitrogen and oxygen atoms in total. The van der Waals surface area contributed by atoms with Crippen LogP contribution in [0.2, 0.25) is 0 Å². The van der Waals surface area contributed by atoms with Gasteiger partial charge in [0.2, 0.25) is 11.8 Å². The van der Waals surface area contributed by atoms with E-state index in [4.69, 9.17) is 0 Å². The first kappa shape index (κ1) is 14.4. The molecule has 2 fully saturated rings. The molecule has 5 heteroatoms. The van der Waals surface area contributed by atoms with Crippen molar-refractivity contribution in [3.63, 3.8) is 0 Å². The lowest BCUT2D eigenvalue weighted by Crippen LogP contribution is -2.32. The third-order valence-corrected chi connectivity index (χ3v) is 7.55. The van der Waals surface area contributed by atoms with E-state index >= 15 is 0 Å². The predicted molar refractivity (Wildman–Crippen MR) is 90.4 cm³/mol. The molecule has 5 rings (SSSR count). The zero-order valence-electron chi connectivity index (χ0n) is 13.5. The smallest absolute Gasteiger partial charge is 0.238 e. The number of carbonyl (C=O) groups is 2. The number of aryl methyl sites for hydroxylation is 1. The summed E-state index contributed by atoms with van der Waals surface area (Å²) in [5.74, 6) is 0.420. The molecule has 0 unspecified atom stereocenters. The van der Waals surface area contributed by atoms with Crippen LogP contribution in [0.4, 0.5) is 5.00 Å². The molecule has 1 aromatic rings. The van der Waals surface area contributed by atoms with E-state index in [1.54, 1.807) is 0 Å². The van der Waals surface area contributed by atoms with Gasteiger partial charge in [0.15, 0.2) is 0 Å². The van der Waals surface area contributed by atoms with Crippen molar-refractivity contribution < 1.29 is 9.59 Å². The van der Waals surface area contributed by atoms with Gasteiger partial charge in [0.1, 0.15) is 11.1 Å². The van der Waals surface area contributed by atoms with Crippen molar-refractivity contribution in [2.75, 3.05) is 4.90 Å². The van der Waals surface area contributed by atoms with E-state index < -0.39 is 0 Å². The second-order valence-electron chi connectivity index (χ2n) is 7.66. The standard InChI is InChI=1S/C19H18N2O2S/c1-9-2-5-14-12(6-9)13(8-20)19(24-14)21-17(22)15-10-3-4-11(7-10)16(15)18(21)23/h3-4,9-11,15-16H,2,5-7H2,1H3/t9-,10+,11+,15+,16+/m1/s1. The maximum atomic E-state index is 13.0. The summed E-state index contributed by atoms with van der Waals surface area (Å²) < 4.78 is 0. The molecule has 122 valence electrons. The van der Waals surface area contributed by atoms with E-state index in [2.05, 4.69) is 25.1 Å². The van der Waals surface area contributed by atoms with E-state index in [1.165, 1.54) is 21.1 Å². The Morgan fingerprint density at radius 1 is 1.21 bits per heavy atom. The second kappa shape index (κ2) is 4.80.